The molecule has 0 aliphatic carbocycles. The predicted molar refractivity (Wildman–Crippen MR) is 102 cm³/mol. The molecular formula is C19H22N2O4S. The lowest BCUT2D eigenvalue weighted by Gasteiger charge is -2.25. The standard InChI is InChI=1S/C19H22N2O4S/c1-13-16(14-6-4-3-5-7-14)17(19(23)24-2)18(26-13)20-15(22)12-21-8-10-25-11-9-21/h3-7H,8-12H2,1-2H3,(H,20,22). The summed E-state index contributed by atoms with van der Waals surface area (Å²) in [5, 5.41) is 3.43. The van der Waals surface area contributed by atoms with Gasteiger partial charge in [-0.2, -0.15) is 0 Å². The minimum Gasteiger partial charge on any atom is -0.465 e. The van der Waals surface area contributed by atoms with Crippen molar-refractivity contribution in [3.8, 4) is 11.1 Å². The van der Waals surface area contributed by atoms with Crippen LogP contribution < -0.4 is 5.32 Å². The van der Waals surface area contributed by atoms with E-state index in [4.69, 9.17) is 9.47 Å². The number of hydrogen-bond donors (Lipinski definition) is 1. The topological polar surface area (TPSA) is 67.9 Å². The van der Waals surface area contributed by atoms with Gasteiger partial charge in [-0.25, -0.2) is 4.79 Å². The van der Waals surface area contributed by atoms with Gasteiger partial charge in [0, 0.05) is 23.5 Å². The number of benzene rings is 1. The predicted octanol–water partition coefficient (Wildman–Crippen LogP) is 2.78. The lowest BCUT2D eigenvalue weighted by Crippen LogP contribution is -2.41. The van der Waals surface area contributed by atoms with E-state index in [0.717, 1.165) is 29.1 Å². The average Bonchev–Trinajstić information content (AvgIpc) is 2.98. The number of nitrogens with zero attached hydrogens (tertiary/aromatic N) is 1. The Hall–Kier alpha value is -2.22. The molecule has 0 radical (unpaired) electrons. The van der Waals surface area contributed by atoms with E-state index in [1.807, 2.05) is 42.2 Å². The molecule has 2 aromatic rings. The van der Waals surface area contributed by atoms with Gasteiger partial charge in [0.15, 0.2) is 0 Å². The summed E-state index contributed by atoms with van der Waals surface area (Å²) in [6.07, 6.45) is 0. The molecule has 1 aliphatic heterocycles. The molecule has 138 valence electrons. The van der Waals surface area contributed by atoms with Gasteiger partial charge in [0.25, 0.3) is 0 Å². The van der Waals surface area contributed by atoms with Gasteiger partial charge in [0.05, 0.1) is 26.9 Å². The molecule has 1 aliphatic rings. The SMILES string of the molecule is COC(=O)c1c(NC(=O)CN2CCOCC2)sc(C)c1-c1ccccc1. The van der Waals surface area contributed by atoms with Crippen molar-refractivity contribution in [3.63, 3.8) is 0 Å². The second-order valence-corrected chi connectivity index (χ2v) is 7.26. The van der Waals surface area contributed by atoms with Gasteiger partial charge < -0.3 is 14.8 Å². The third kappa shape index (κ3) is 4.12. The molecule has 3 rings (SSSR count). The van der Waals surface area contributed by atoms with Crippen molar-refractivity contribution in [1.29, 1.82) is 0 Å². The smallest absolute Gasteiger partial charge is 0.341 e. The van der Waals surface area contributed by atoms with Gasteiger partial charge in [-0.05, 0) is 12.5 Å². The summed E-state index contributed by atoms with van der Waals surface area (Å²) in [7, 11) is 1.35. The Morgan fingerprint density at radius 1 is 1.23 bits per heavy atom. The Morgan fingerprint density at radius 2 is 1.92 bits per heavy atom. The van der Waals surface area contributed by atoms with E-state index in [2.05, 4.69) is 5.32 Å². The summed E-state index contributed by atoms with van der Waals surface area (Å²) in [4.78, 5) is 27.9. The summed E-state index contributed by atoms with van der Waals surface area (Å²) in [6.45, 7) is 4.96. The van der Waals surface area contributed by atoms with Gasteiger partial charge in [-0.1, -0.05) is 30.3 Å². The molecule has 2 heterocycles. The minimum absolute atomic E-state index is 0.141. The van der Waals surface area contributed by atoms with Crippen LogP contribution in [0.15, 0.2) is 30.3 Å². The second kappa shape index (κ2) is 8.44. The fraction of sp³-hybridized carbons (Fsp3) is 0.368. The van der Waals surface area contributed by atoms with E-state index in [1.165, 1.54) is 18.4 Å². The van der Waals surface area contributed by atoms with E-state index >= 15 is 0 Å². The first-order valence-electron chi connectivity index (χ1n) is 8.47. The summed E-state index contributed by atoms with van der Waals surface area (Å²) in [5.74, 6) is -0.590. The number of morpholine rings is 1. The summed E-state index contributed by atoms with van der Waals surface area (Å²) >= 11 is 1.39. The molecular weight excluding hydrogens is 352 g/mol. The maximum atomic E-state index is 12.5. The van der Waals surface area contributed by atoms with E-state index in [0.29, 0.717) is 23.8 Å². The fourth-order valence-corrected chi connectivity index (χ4v) is 4.09. The van der Waals surface area contributed by atoms with Crippen LogP contribution in [0.5, 0.6) is 0 Å². The highest BCUT2D eigenvalue weighted by Crippen LogP contribution is 2.40. The van der Waals surface area contributed by atoms with Crippen molar-refractivity contribution in [2.75, 3.05) is 45.3 Å². The fourth-order valence-electron chi connectivity index (χ4n) is 3.01. The second-order valence-electron chi connectivity index (χ2n) is 6.03. The highest BCUT2D eigenvalue weighted by atomic mass is 32.1. The Morgan fingerprint density at radius 3 is 2.58 bits per heavy atom. The maximum absolute atomic E-state index is 12.5. The van der Waals surface area contributed by atoms with E-state index in [1.54, 1.807) is 0 Å². The van der Waals surface area contributed by atoms with Gasteiger partial charge in [-0.3, -0.25) is 9.69 Å². The summed E-state index contributed by atoms with van der Waals surface area (Å²) in [5.41, 5.74) is 2.15. The minimum atomic E-state index is -0.449. The molecule has 1 N–H and O–H groups in total. The molecule has 6 nitrogen and oxygen atoms in total. The number of esters is 1. The number of methoxy groups -OCH3 is 1. The molecule has 0 bridgehead atoms. The molecule has 0 atom stereocenters. The van der Waals surface area contributed by atoms with E-state index in [-0.39, 0.29) is 12.5 Å². The van der Waals surface area contributed by atoms with Crippen LogP contribution in [0.4, 0.5) is 5.00 Å². The zero-order chi connectivity index (χ0) is 18.5. The van der Waals surface area contributed by atoms with Gasteiger partial charge in [-0.15, -0.1) is 11.3 Å². The van der Waals surface area contributed by atoms with Crippen molar-refractivity contribution < 1.29 is 19.1 Å². The molecule has 1 fully saturated rings. The lowest BCUT2D eigenvalue weighted by molar-refractivity contribution is -0.118. The van der Waals surface area contributed by atoms with Crippen molar-refractivity contribution in [2.24, 2.45) is 0 Å². The molecule has 1 aromatic carbocycles. The van der Waals surface area contributed by atoms with Crippen LogP contribution in [-0.4, -0.2) is 56.7 Å². The van der Waals surface area contributed by atoms with Crippen LogP contribution in [0.3, 0.4) is 0 Å². The Bertz CT molecular complexity index is 782. The van der Waals surface area contributed by atoms with Crippen LogP contribution in [0.25, 0.3) is 11.1 Å². The number of amides is 1. The first kappa shape index (κ1) is 18.6. The van der Waals surface area contributed by atoms with Crippen LogP contribution in [0, 0.1) is 6.92 Å². The van der Waals surface area contributed by atoms with Gasteiger partial charge >= 0.3 is 5.97 Å². The number of hydrogen-bond acceptors (Lipinski definition) is 6. The number of ether oxygens (including phenoxy) is 2. The van der Waals surface area contributed by atoms with Crippen molar-refractivity contribution >= 4 is 28.2 Å². The third-order valence-electron chi connectivity index (χ3n) is 4.26. The Balaban J connectivity index is 1.87. The molecule has 26 heavy (non-hydrogen) atoms. The molecule has 1 saturated heterocycles. The number of anilines is 1. The molecule has 7 heteroatoms. The monoisotopic (exact) mass is 374 g/mol. The van der Waals surface area contributed by atoms with E-state index in [9.17, 15) is 9.59 Å². The van der Waals surface area contributed by atoms with Crippen LogP contribution in [0.2, 0.25) is 0 Å². The number of aryl methyl sites for hydroxylation is 1. The summed E-state index contributed by atoms with van der Waals surface area (Å²) in [6, 6.07) is 9.66. The van der Waals surface area contributed by atoms with Crippen LogP contribution >= 0.6 is 11.3 Å². The summed E-state index contributed by atoms with van der Waals surface area (Å²) < 4.78 is 10.3. The first-order chi connectivity index (χ1) is 12.6. The van der Waals surface area contributed by atoms with Gasteiger partial charge in [0.1, 0.15) is 10.6 Å². The van der Waals surface area contributed by atoms with E-state index < -0.39 is 5.97 Å². The average molecular weight is 374 g/mol. The molecule has 0 spiro atoms. The van der Waals surface area contributed by atoms with Crippen molar-refractivity contribution in [1.82, 2.24) is 4.90 Å². The molecule has 0 unspecified atom stereocenters. The third-order valence-corrected chi connectivity index (χ3v) is 5.28. The first-order valence-corrected chi connectivity index (χ1v) is 9.29. The van der Waals surface area contributed by atoms with Crippen LogP contribution in [0.1, 0.15) is 15.2 Å². The zero-order valence-electron chi connectivity index (χ0n) is 14.9. The lowest BCUT2D eigenvalue weighted by atomic mass is 10.0. The molecule has 1 aromatic heterocycles. The normalized spacial score (nSPS) is 14.8. The highest BCUT2D eigenvalue weighted by Gasteiger charge is 2.25. The highest BCUT2D eigenvalue weighted by molar-refractivity contribution is 7.17. The zero-order valence-corrected chi connectivity index (χ0v) is 15.7. The molecule has 0 saturated carbocycles. The maximum Gasteiger partial charge on any atom is 0.341 e. The Kier molecular flexibility index (Phi) is 6.03. The number of carbonyl (C=O) groups is 2. The quantitative estimate of drug-likeness (QED) is 0.815. The number of nitrogens with one attached hydrogen (secondary N) is 1. The number of rotatable bonds is 5. The van der Waals surface area contributed by atoms with Crippen molar-refractivity contribution in [3.05, 3.63) is 40.8 Å². The number of carbonyl (C=O) groups excluding carboxylic acids is 2. The Labute approximate surface area is 156 Å². The van der Waals surface area contributed by atoms with Gasteiger partial charge in [0.2, 0.25) is 5.91 Å². The van der Waals surface area contributed by atoms with Crippen molar-refractivity contribution in [2.45, 2.75) is 6.92 Å². The number of thiophene rings is 1. The largest absolute Gasteiger partial charge is 0.465 e. The molecule has 1 amide bonds. The van der Waals surface area contributed by atoms with Crippen LogP contribution in [-0.2, 0) is 14.3 Å².